The topological polar surface area (TPSA) is 102 Å². The first-order chi connectivity index (χ1) is 22.2. The first-order valence-corrected chi connectivity index (χ1v) is 15.7. The number of thiazole rings is 1. The SMILES string of the molecule is COc1cc([C@@H]2C(C(=O)Nc3ccccc3)=C(C)N=c3s/c(=C\c4cc(Cl)ccc4OCc4cccc(Cl)c4)c(=O)n32)ccc1O. The molecule has 1 aliphatic rings. The van der Waals surface area contributed by atoms with Crippen LogP contribution >= 0.6 is 34.5 Å². The average molecular weight is 673 g/mol. The standard InChI is InChI=1S/C35H27Cl2N3O5S/c1-20-31(33(42)39-26-9-4-3-5-10-26)32(22-11-13-27(41)29(17-22)44-2)40-34(43)30(46-35(40)38-20)18-23-16-25(37)12-14-28(23)45-19-21-7-6-8-24(36)15-21/h3-18,32,41H,19H2,1-2H3,(H,39,42)/b30-18-/t32-/m1/s1. The lowest BCUT2D eigenvalue weighted by Crippen LogP contribution is -2.40. The molecule has 46 heavy (non-hydrogen) atoms. The molecule has 1 amide bonds. The zero-order valence-corrected chi connectivity index (χ0v) is 27.0. The van der Waals surface area contributed by atoms with Crippen LogP contribution in [0, 0.1) is 0 Å². The van der Waals surface area contributed by atoms with E-state index in [1.807, 2.05) is 36.4 Å². The van der Waals surface area contributed by atoms with Gasteiger partial charge in [-0.2, -0.15) is 0 Å². The molecule has 2 heterocycles. The number of benzene rings is 4. The van der Waals surface area contributed by atoms with Crippen LogP contribution in [0.1, 0.15) is 29.7 Å². The lowest BCUT2D eigenvalue weighted by atomic mass is 9.94. The lowest BCUT2D eigenvalue weighted by Gasteiger charge is -2.25. The van der Waals surface area contributed by atoms with Crippen molar-refractivity contribution in [1.29, 1.82) is 0 Å². The number of nitrogens with one attached hydrogen (secondary N) is 1. The van der Waals surface area contributed by atoms with E-state index in [0.29, 0.717) is 47.6 Å². The van der Waals surface area contributed by atoms with Crippen molar-refractivity contribution in [3.05, 3.63) is 149 Å². The number of para-hydroxylation sites is 1. The van der Waals surface area contributed by atoms with Crippen molar-refractivity contribution >= 4 is 52.2 Å². The van der Waals surface area contributed by atoms with Gasteiger partial charge in [0.25, 0.3) is 11.5 Å². The molecule has 0 saturated carbocycles. The van der Waals surface area contributed by atoms with Gasteiger partial charge in [0, 0.05) is 21.3 Å². The van der Waals surface area contributed by atoms with E-state index in [0.717, 1.165) is 5.56 Å². The molecular formula is C35H27Cl2N3O5S. The van der Waals surface area contributed by atoms with Crippen LogP contribution in [0.5, 0.6) is 17.2 Å². The number of phenols is 1. The summed E-state index contributed by atoms with van der Waals surface area (Å²) in [6.07, 6.45) is 1.71. The molecule has 6 rings (SSSR count). The van der Waals surface area contributed by atoms with Crippen LogP contribution in [0.3, 0.4) is 0 Å². The summed E-state index contributed by atoms with van der Waals surface area (Å²) >= 11 is 13.7. The molecule has 0 fully saturated rings. The number of phenolic OH excluding ortho intramolecular Hbond substituents is 1. The Morgan fingerprint density at radius 2 is 1.78 bits per heavy atom. The smallest absolute Gasteiger partial charge is 0.271 e. The third-order valence-corrected chi connectivity index (χ3v) is 8.81. The van der Waals surface area contributed by atoms with Gasteiger partial charge in [-0.1, -0.05) is 70.9 Å². The molecule has 4 aromatic carbocycles. The maximum Gasteiger partial charge on any atom is 0.271 e. The van der Waals surface area contributed by atoms with Crippen LogP contribution in [0.25, 0.3) is 6.08 Å². The molecule has 8 nitrogen and oxygen atoms in total. The van der Waals surface area contributed by atoms with Gasteiger partial charge in [-0.3, -0.25) is 14.2 Å². The molecule has 5 aromatic rings. The summed E-state index contributed by atoms with van der Waals surface area (Å²) in [6.45, 7) is 1.99. The van der Waals surface area contributed by atoms with Crippen LogP contribution in [0.15, 0.2) is 112 Å². The summed E-state index contributed by atoms with van der Waals surface area (Å²) in [6, 6.07) is 25.5. The number of hydrogen-bond acceptors (Lipinski definition) is 7. The number of aromatic nitrogens is 1. The minimum Gasteiger partial charge on any atom is -0.504 e. The Morgan fingerprint density at radius 3 is 2.54 bits per heavy atom. The summed E-state index contributed by atoms with van der Waals surface area (Å²) in [4.78, 5) is 33.2. The number of rotatable bonds is 8. The second-order valence-electron chi connectivity index (χ2n) is 10.4. The number of hydrogen-bond donors (Lipinski definition) is 2. The van der Waals surface area contributed by atoms with Crippen LogP contribution in [0.4, 0.5) is 5.69 Å². The molecule has 2 N–H and O–H groups in total. The Morgan fingerprint density at radius 1 is 1.00 bits per heavy atom. The van der Waals surface area contributed by atoms with Crippen molar-refractivity contribution in [2.45, 2.75) is 19.6 Å². The van der Waals surface area contributed by atoms with Crippen LogP contribution < -0.4 is 29.7 Å². The van der Waals surface area contributed by atoms with E-state index in [4.69, 9.17) is 37.7 Å². The molecule has 232 valence electrons. The zero-order chi connectivity index (χ0) is 32.4. The third-order valence-electron chi connectivity index (χ3n) is 7.36. The molecule has 0 radical (unpaired) electrons. The van der Waals surface area contributed by atoms with Gasteiger partial charge in [-0.25, -0.2) is 4.99 Å². The van der Waals surface area contributed by atoms with E-state index in [9.17, 15) is 14.7 Å². The first kappa shape index (κ1) is 31.2. The first-order valence-electron chi connectivity index (χ1n) is 14.1. The van der Waals surface area contributed by atoms with Gasteiger partial charge in [0.05, 0.1) is 29.0 Å². The second-order valence-corrected chi connectivity index (χ2v) is 12.3. The third kappa shape index (κ3) is 6.44. The highest BCUT2D eigenvalue weighted by Gasteiger charge is 2.33. The number of halogens is 2. The number of aromatic hydroxyl groups is 1. The van der Waals surface area contributed by atoms with Crippen molar-refractivity contribution in [2.75, 3.05) is 12.4 Å². The fraction of sp³-hybridized carbons (Fsp3) is 0.114. The summed E-state index contributed by atoms with van der Waals surface area (Å²) in [5, 5.41) is 14.3. The minimum atomic E-state index is -0.866. The fourth-order valence-corrected chi connectivity index (χ4v) is 6.63. The van der Waals surface area contributed by atoms with E-state index in [2.05, 4.69) is 5.32 Å². The number of nitrogens with zero attached hydrogens (tertiary/aromatic N) is 2. The van der Waals surface area contributed by atoms with Gasteiger partial charge in [0.1, 0.15) is 12.4 Å². The lowest BCUT2D eigenvalue weighted by molar-refractivity contribution is -0.113. The molecule has 1 aromatic heterocycles. The highest BCUT2D eigenvalue weighted by atomic mass is 35.5. The van der Waals surface area contributed by atoms with Gasteiger partial charge in [0.2, 0.25) is 0 Å². The largest absolute Gasteiger partial charge is 0.504 e. The maximum atomic E-state index is 14.2. The zero-order valence-electron chi connectivity index (χ0n) is 24.7. The monoisotopic (exact) mass is 671 g/mol. The molecular weight excluding hydrogens is 645 g/mol. The summed E-state index contributed by atoms with van der Waals surface area (Å²) in [5.41, 5.74) is 3.01. The van der Waals surface area contributed by atoms with Crippen molar-refractivity contribution in [3.63, 3.8) is 0 Å². The predicted molar refractivity (Wildman–Crippen MR) is 181 cm³/mol. The Hall–Kier alpha value is -4.83. The number of carbonyl (C=O) groups excluding carboxylic acids is 1. The fourth-order valence-electron chi connectivity index (χ4n) is 5.20. The normalized spacial score (nSPS) is 14.4. The number of fused-ring (bicyclic) bond motifs is 1. The number of methoxy groups -OCH3 is 1. The average Bonchev–Trinajstić information content (AvgIpc) is 3.34. The number of ether oxygens (including phenoxy) is 2. The molecule has 11 heteroatoms. The van der Waals surface area contributed by atoms with E-state index >= 15 is 0 Å². The second kappa shape index (κ2) is 13.3. The molecule has 0 spiro atoms. The molecule has 1 atom stereocenters. The Labute approximate surface area is 278 Å². The van der Waals surface area contributed by atoms with Gasteiger partial charge < -0.3 is 19.9 Å². The molecule has 0 bridgehead atoms. The molecule has 0 unspecified atom stereocenters. The summed E-state index contributed by atoms with van der Waals surface area (Å²) in [5.74, 6) is 0.248. The van der Waals surface area contributed by atoms with E-state index in [1.54, 1.807) is 61.5 Å². The maximum absolute atomic E-state index is 14.2. The molecule has 0 aliphatic carbocycles. The van der Waals surface area contributed by atoms with Gasteiger partial charge in [-0.15, -0.1) is 0 Å². The summed E-state index contributed by atoms with van der Waals surface area (Å²) < 4.78 is 13.3. The minimum absolute atomic E-state index is 0.0686. The number of carbonyl (C=O) groups is 1. The van der Waals surface area contributed by atoms with E-state index < -0.39 is 11.9 Å². The van der Waals surface area contributed by atoms with Crippen LogP contribution in [-0.2, 0) is 11.4 Å². The van der Waals surface area contributed by atoms with Crippen LogP contribution in [-0.4, -0.2) is 22.7 Å². The van der Waals surface area contributed by atoms with Crippen molar-refractivity contribution < 1.29 is 19.4 Å². The van der Waals surface area contributed by atoms with Gasteiger partial charge in [-0.05, 0) is 78.7 Å². The highest BCUT2D eigenvalue weighted by Crippen LogP contribution is 2.35. The van der Waals surface area contributed by atoms with Crippen LogP contribution in [0.2, 0.25) is 10.0 Å². The predicted octanol–water partition coefficient (Wildman–Crippen LogP) is 6.47. The number of anilines is 1. The highest BCUT2D eigenvalue weighted by molar-refractivity contribution is 7.07. The Balaban J connectivity index is 1.46. The quantitative estimate of drug-likeness (QED) is 0.197. The van der Waals surface area contributed by atoms with Gasteiger partial charge in [0.15, 0.2) is 16.3 Å². The number of amides is 1. The summed E-state index contributed by atoms with van der Waals surface area (Å²) in [7, 11) is 1.44. The van der Waals surface area contributed by atoms with Crippen molar-refractivity contribution in [1.82, 2.24) is 4.57 Å². The Kier molecular flexibility index (Phi) is 8.99. The van der Waals surface area contributed by atoms with E-state index in [-0.39, 0.29) is 29.2 Å². The van der Waals surface area contributed by atoms with E-state index in [1.165, 1.54) is 29.1 Å². The van der Waals surface area contributed by atoms with Gasteiger partial charge >= 0.3 is 0 Å². The van der Waals surface area contributed by atoms with Crippen molar-refractivity contribution in [2.24, 2.45) is 4.99 Å². The van der Waals surface area contributed by atoms with Crippen molar-refractivity contribution in [3.8, 4) is 17.2 Å². The molecule has 0 saturated heterocycles. The number of allylic oxidation sites excluding steroid dienone is 1. The molecule has 1 aliphatic heterocycles. The Bertz CT molecular complexity index is 2180.